The normalized spacial score (nSPS) is 17.4. The molecule has 1 saturated carbocycles. The maximum atomic E-state index is 11.5. The fourth-order valence-electron chi connectivity index (χ4n) is 1.93. The number of carbonyl (C=O) groups is 2. The predicted molar refractivity (Wildman–Crippen MR) is 68.3 cm³/mol. The summed E-state index contributed by atoms with van der Waals surface area (Å²) in [6.45, 7) is 2.93. The lowest BCUT2D eigenvalue weighted by molar-refractivity contribution is -0.121. The minimum atomic E-state index is -0.490. The molecule has 6 heteroatoms. The van der Waals surface area contributed by atoms with Crippen LogP contribution >= 0.6 is 0 Å². The van der Waals surface area contributed by atoms with Crippen LogP contribution in [0.1, 0.15) is 32.6 Å². The molecule has 0 bridgehead atoms. The van der Waals surface area contributed by atoms with E-state index in [2.05, 4.69) is 16.0 Å². The number of hydrogen-bond donors (Lipinski definition) is 3. The van der Waals surface area contributed by atoms with Crippen LogP contribution in [0.2, 0.25) is 0 Å². The highest BCUT2D eigenvalue weighted by atomic mass is 16.5. The van der Waals surface area contributed by atoms with E-state index in [9.17, 15) is 9.59 Å². The molecule has 0 spiro atoms. The van der Waals surface area contributed by atoms with Gasteiger partial charge in [0.1, 0.15) is 0 Å². The first kappa shape index (κ1) is 14.9. The van der Waals surface area contributed by atoms with Crippen molar-refractivity contribution in [3.8, 4) is 0 Å². The molecule has 3 amide bonds. The van der Waals surface area contributed by atoms with Crippen molar-refractivity contribution in [3.05, 3.63) is 0 Å². The van der Waals surface area contributed by atoms with Crippen molar-refractivity contribution < 1.29 is 14.3 Å². The van der Waals surface area contributed by atoms with Gasteiger partial charge < -0.3 is 15.4 Å². The number of amides is 3. The fraction of sp³-hybridized carbons (Fsp3) is 0.833. The van der Waals surface area contributed by atoms with Crippen molar-refractivity contribution in [2.45, 2.75) is 44.8 Å². The molecule has 18 heavy (non-hydrogen) atoms. The lowest BCUT2D eigenvalue weighted by atomic mass is 10.3. The first-order valence-corrected chi connectivity index (χ1v) is 6.51. The Kier molecular flexibility index (Phi) is 6.67. The Hall–Kier alpha value is -1.14. The van der Waals surface area contributed by atoms with E-state index in [0.29, 0.717) is 19.3 Å². The predicted octanol–water partition coefficient (Wildman–Crippen LogP) is 0.379. The second-order valence-electron chi connectivity index (χ2n) is 4.52. The quantitative estimate of drug-likeness (QED) is 0.601. The van der Waals surface area contributed by atoms with E-state index in [0.717, 1.165) is 12.8 Å². The summed E-state index contributed by atoms with van der Waals surface area (Å²) >= 11 is 0. The minimum absolute atomic E-state index is 0.338. The molecule has 0 saturated heterocycles. The molecule has 1 fully saturated rings. The maximum Gasteiger partial charge on any atom is 0.321 e. The van der Waals surface area contributed by atoms with Gasteiger partial charge in [-0.25, -0.2) is 4.79 Å². The molecule has 0 aromatic carbocycles. The summed E-state index contributed by atoms with van der Waals surface area (Å²) in [5, 5.41) is 7.57. The molecule has 104 valence electrons. The van der Waals surface area contributed by atoms with Gasteiger partial charge in [-0.05, 0) is 19.8 Å². The van der Waals surface area contributed by atoms with Crippen LogP contribution < -0.4 is 16.0 Å². The number of carbonyl (C=O) groups excluding carboxylic acids is 2. The van der Waals surface area contributed by atoms with Crippen LogP contribution in [-0.4, -0.2) is 44.3 Å². The Morgan fingerprint density at radius 1 is 1.33 bits per heavy atom. The molecule has 1 unspecified atom stereocenters. The van der Waals surface area contributed by atoms with Gasteiger partial charge in [-0.15, -0.1) is 0 Å². The van der Waals surface area contributed by atoms with Crippen LogP contribution in [0.3, 0.4) is 0 Å². The van der Waals surface area contributed by atoms with Crippen LogP contribution in [0.4, 0.5) is 4.79 Å². The zero-order chi connectivity index (χ0) is 13.4. The minimum Gasteiger partial charge on any atom is -0.377 e. The highest BCUT2D eigenvalue weighted by Crippen LogP contribution is 2.20. The maximum absolute atomic E-state index is 11.5. The molecule has 1 aliphatic rings. The van der Waals surface area contributed by atoms with Gasteiger partial charge in [-0.2, -0.15) is 0 Å². The van der Waals surface area contributed by atoms with Gasteiger partial charge >= 0.3 is 6.03 Å². The highest BCUT2D eigenvalue weighted by Gasteiger charge is 2.16. The molecule has 0 radical (unpaired) electrons. The van der Waals surface area contributed by atoms with Crippen LogP contribution in [0.25, 0.3) is 0 Å². The first-order valence-electron chi connectivity index (χ1n) is 6.51. The Balaban J connectivity index is 2.06. The zero-order valence-corrected chi connectivity index (χ0v) is 11.1. The third-order valence-electron chi connectivity index (χ3n) is 3.07. The molecule has 0 aliphatic heterocycles. The Morgan fingerprint density at radius 2 is 2.00 bits per heavy atom. The monoisotopic (exact) mass is 257 g/mol. The number of rotatable bonds is 6. The SMILES string of the molecule is CNC(=O)NC(=O)C(C)NCCOC1CCCC1. The Labute approximate surface area is 108 Å². The fourth-order valence-corrected chi connectivity index (χ4v) is 1.93. The lowest BCUT2D eigenvalue weighted by Gasteiger charge is -2.15. The summed E-state index contributed by atoms with van der Waals surface area (Å²) in [4.78, 5) is 22.4. The average molecular weight is 257 g/mol. The molecular weight excluding hydrogens is 234 g/mol. The molecular formula is C12H23N3O3. The topological polar surface area (TPSA) is 79.5 Å². The van der Waals surface area contributed by atoms with Crippen molar-refractivity contribution in [3.63, 3.8) is 0 Å². The zero-order valence-electron chi connectivity index (χ0n) is 11.1. The van der Waals surface area contributed by atoms with E-state index in [1.165, 1.54) is 19.9 Å². The van der Waals surface area contributed by atoms with E-state index in [4.69, 9.17) is 4.74 Å². The molecule has 3 N–H and O–H groups in total. The number of urea groups is 1. The van der Waals surface area contributed by atoms with Crippen LogP contribution in [0.5, 0.6) is 0 Å². The van der Waals surface area contributed by atoms with Gasteiger partial charge in [-0.3, -0.25) is 10.1 Å². The standard InChI is InChI=1S/C12H23N3O3/c1-9(11(16)15-12(17)13-2)14-7-8-18-10-5-3-4-6-10/h9-10,14H,3-8H2,1-2H3,(H2,13,15,16,17). The van der Waals surface area contributed by atoms with E-state index < -0.39 is 12.1 Å². The van der Waals surface area contributed by atoms with Gasteiger partial charge in [0, 0.05) is 13.6 Å². The van der Waals surface area contributed by atoms with Crippen molar-refractivity contribution in [2.75, 3.05) is 20.2 Å². The molecule has 0 heterocycles. The van der Waals surface area contributed by atoms with Gasteiger partial charge in [0.05, 0.1) is 18.8 Å². The van der Waals surface area contributed by atoms with E-state index in [1.54, 1.807) is 6.92 Å². The molecule has 1 atom stereocenters. The summed E-state index contributed by atoms with van der Waals surface area (Å²) in [6.07, 6.45) is 5.19. The van der Waals surface area contributed by atoms with E-state index in [1.807, 2.05) is 0 Å². The summed E-state index contributed by atoms with van der Waals surface area (Å²) in [6, 6.07) is -0.898. The Bertz CT molecular complexity index is 278. The molecule has 1 aliphatic carbocycles. The summed E-state index contributed by atoms with van der Waals surface area (Å²) in [5.74, 6) is -0.338. The van der Waals surface area contributed by atoms with Crippen LogP contribution in [0, 0.1) is 0 Å². The molecule has 0 aromatic heterocycles. The van der Waals surface area contributed by atoms with Gasteiger partial charge in [0.2, 0.25) is 5.91 Å². The van der Waals surface area contributed by atoms with Crippen molar-refractivity contribution >= 4 is 11.9 Å². The summed E-state index contributed by atoms with van der Waals surface area (Å²) < 4.78 is 5.66. The molecule has 1 rings (SSSR count). The smallest absolute Gasteiger partial charge is 0.321 e. The number of hydrogen-bond acceptors (Lipinski definition) is 4. The van der Waals surface area contributed by atoms with Crippen molar-refractivity contribution in [1.82, 2.24) is 16.0 Å². The Morgan fingerprint density at radius 3 is 2.61 bits per heavy atom. The number of imide groups is 1. The van der Waals surface area contributed by atoms with Crippen molar-refractivity contribution in [2.24, 2.45) is 0 Å². The largest absolute Gasteiger partial charge is 0.377 e. The van der Waals surface area contributed by atoms with Crippen LogP contribution in [0.15, 0.2) is 0 Å². The second kappa shape index (κ2) is 8.05. The second-order valence-corrected chi connectivity index (χ2v) is 4.52. The average Bonchev–Trinajstić information content (AvgIpc) is 2.87. The third kappa shape index (κ3) is 5.46. The summed E-state index contributed by atoms with van der Waals surface area (Å²) in [5.41, 5.74) is 0. The first-order chi connectivity index (χ1) is 8.63. The number of ether oxygens (including phenoxy) is 1. The lowest BCUT2D eigenvalue weighted by Crippen LogP contribution is -2.48. The van der Waals surface area contributed by atoms with Gasteiger partial charge in [0.25, 0.3) is 0 Å². The van der Waals surface area contributed by atoms with E-state index in [-0.39, 0.29) is 5.91 Å². The van der Waals surface area contributed by atoms with Gasteiger partial charge in [0.15, 0.2) is 0 Å². The number of nitrogens with one attached hydrogen (secondary N) is 3. The highest BCUT2D eigenvalue weighted by molar-refractivity contribution is 5.96. The molecule has 6 nitrogen and oxygen atoms in total. The van der Waals surface area contributed by atoms with E-state index >= 15 is 0 Å². The van der Waals surface area contributed by atoms with Gasteiger partial charge in [-0.1, -0.05) is 12.8 Å². The third-order valence-corrected chi connectivity index (χ3v) is 3.07. The van der Waals surface area contributed by atoms with Crippen molar-refractivity contribution in [1.29, 1.82) is 0 Å². The van der Waals surface area contributed by atoms with Crippen LogP contribution in [-0.2, 0) is 9.53 Å². The summed E-state index contributed by atoms with van der Waals surface area (Å²) in [7, 11) is 1.47. The molecule has 0 aromatic rings.